The van der Waals surface area contributed by atoms with Gasteiger partial charge in [0.15, 0.2) is 0 Å². The van der Waals surface area contributed by atoms with Gasteiger partial charge >= 0.3 is 12.1 Å². The van der Waals surface area contributed by atoms with Crippen molar-refractivity contribution in [3.63, 3.8) is 0 Å². The summed E-state index contributed by atoms with van der Waals surface area (Å²) >= 11 is 0. The summed E-state index contributed by atoms with van der Waals surface area (Å²) in [5.41, 5.74) is 1.69. The van der Waals surface area contributed by atoms with Gasteiger partial charge in [0, 0.05) is 19.0 Å². The maximum atomic E-state index is 12.4. The smallest absolute Gasteiger partial charge is 0.330 e. The number of hydrogen-bond acceptors (Lipinski definition) is 1. The number of fused-ring (bicyclic) bond motifs is 1. The Morgan fingerprint density at radius 2 is 2.06 bits per heavy atom. The van der Waals surface area contributed by atoms with Crippen molar-refractivity contribution in [3.8, 4) is 0 Å². The molecule has 0 saturated heterocycles. The molecule has 5 heteroatoms. The van der Waals surface area contributed by atoms with E-state index in [1.54, 1.807) is 18.2 Å². The van der Waals surface area contributed by atoms with Gasteiger partial charge in [-0.05, 0) is 11.1 Å². The van der Waals surface area contributed by atoms with Gasteiger partial charge < -0.3 is 4.90 Å². The number of hydrogen-bond donors (Lipinski definition) is 0. The van der Waals surface area contributed by atoms with E-state index >= 15 is 0 Å². The third-order valence-corrected chi connectivity index (χ3v) is 3.05. The van der Waals surface area contributed by atoms with Crippen LogP contribution in [0.25, 0.3) is 0 Å². The monoisotopic (exact) mass is 255 g/mol. The highest BCUT2D eigenvalue weighted by atomic mass is 19.4. The minimum absolute atomic E-state index is 0.00113. The van der Waals surface area contributed by atoms with Gasteiger partial charge in [-0.15, -0.1) is 6.58 Å². The summed E-state index contributed by atoms with van der Waals surface area (Å²) in [7, 11) is 0. The van der Waals surface area contributed by atoms with Crippen LogP contribution in [0.5, 0.6) is 0 Å². The molecular weight excluding hydrogens is 243 g/mol. The zero-order chi connectivity index (χ0) is 13.3. The molecular formula is C13H12F3NO. The summed E-state index contributed by atoms with van der Waals surface area (Å²) in [5, 5.41) is 0. The molecule has 1 atom stereocenters. The lowest BCUT2D eigenvalue weighted by molar-refractivity contribution is -0.186. The van der Waals surface area contributed by atoms with E-state index < -0.39 is 12.1 Å². The van der Waals surface area contributed by atoms with Crippen LogP contribution in [0.3, 0.4) is 0 Å². The second kappa shape index (κ2) is 4.48. The van der Waals surface area contributed by atoms with Crippen LogP contribution < -0.4 is 0 Å². The number of rotatable bonds is 1. The lowest BCUT2D eigenvalue weighted by Gasteiger charge is -2.33. The number of alkyl halides is 3. The molecule has 1 amide bonds. The van der Waals surface area contributed by atoms with Crippen LogP contribution in [-0.2, 0) is 11.3 Å². The first-order chi connectivity index (χ1) is 8.43. The zero-order valence-corrected chi connectivity index (χ0v) is 9.57. The van der Waals surface area contributed by atoms with E-state index in [4.69, 9.17) is 0 Å². The number of benzene rings is 1. The molecule has 18 heavy (non-hydrogen) atoms. The largest absolute Gasteiger partial charge is 0.471 e. The minimum atomic E-state index is -4.82. The number of halogens is 3. The molecule has 1 aliphatic rings. The fourth-order valence-electron chi connectivity index (χ4n) is 2.18. The summed E-state index contributed by atoms with van der Waals surface area (Å²) < 4.78 is 37.3. The van der Waals surface area contributed by atoms with Crippen molar-refractivity contribution in [2.75, 3.05) is 6.54 Å². The molecule has 0 fully saturated rings. The molecule has 1 aromatic carbocycles. The van der Waals surface area contributed by atoms with Crippen LogP contribution in [0.15, 0.2) is 36.9 Å². The zero-order valence-electron chi connectivity index (χ0n) is 9.57. The summed E-state index contributed by atoms with van der Waals surface area (Å²) in [6, 6.07) is 7.18. The van der Waals surface area contributed by atoms with E-state index in [1.165, 1.54) is 0 Å². The number of amides is 1. The Labute approximate surface area is 103 Å². The molecule has 96 valence electrons. The summed E-state index contributed by atoms with van der Waals surface area (Å²) in [4.78, 5) is 12.1. The van der Waals surface area contributed by atoms with Crippen molar-refractivity contribution in [1.82, 2.24) is 4.90 Å². The predicted octanol–water partition coefficient (Wildman–Crippen LogP) is 2.86. The molecule has 1 heterocycles. The van der Waals surface area contributed by atoms with Crippen LogP contribution in [-0.4, -0.2) is 23.5 Å². The molecule has 0 radical (unpaired) electrons. The summed E-state index contributed by atoms with van der Waals surface area (Å²) in [6.07, 6.45) is -3.24. The molecule has 0 aliphatic carbocycles. The predicted molar refractivity (Wildman–Crippen MR) is 60.9 cm³/mol. The average Bonchev–Trinajstić information content (AvgIpc) is 2.35. The van der Waals surface area contributed by atoms with Crippen molar-refractivity contribution in [2.45, 2.75) is 18.6 Å². The Hall–Kier alpha value is -1.78. The first kappa shape index (κ1) is 12.7. The van der Waals surface area contributed by atoms with E-state index in [2.05, 4.69) is 6.58 Å². The van der Waals surface area contributed by atoms with Gasteiger partial charge in [0.1, 0.15) is 0 Å². The van der Waals surface area contributed by atoms with Crippen molar-refractivity contribution in [1.29, 1.82) is 0 Å². The first-order valence-corrected chi connectivity index (χ1v) is 5.50. The van der Waals surface area contributed by atoms with Crippen LogP contribution in [0.4, 0.5) is 13.2 Å². The fourth-order valence-corrected chi connectivity index (χ4v) is 2.18. The van der Waals surface area contributed by atoms with E-state index in [0.717, 1.165) is 16.0 Å². The van der Waals surface area contributed by atoms with Gasteiger partial charge in [0.25, 0.3) is 0 Å². The van der Waals surface area contributed by atoms with Gasteiger partial charge in [0.05, 0.1) is 0 Å². The van der Waals surface area contributed by atoms with Gasteiger partial charge in [-0.1, -0.05) is 30.3 Å². The molecule has 0 N–H and O–H groups in total. The number of nitrogens with zero attached hydrogens (tertiary/aromatic N) is 1. The number of carbonyl (C=O) groups is 1. The summed E-state index contributed by atoms with van der Waals surface area (Å²) in [5.74, 6) is -2.04. The van der Waals surface area contributed by atoms with Gasteiger partial charge in [-0.25, -0.2) is 0 Å². The van der Waals surface area contributed by atoms with Crippen LogP contribution in [0.2, 0.25) is 0 Å². The Kier molecular flexibility index (Phi) is 3.15. The van der Waals surface area contributed by atoms with E-state index in [0.29, 0.717) is 0 Å². The quantitative estimate of drug-likeness (QED) is 0.707. The minimum Gasteiger partial charge on any atom is -0.330 e. The third-order valence-electron chi connectivity index (χ3n) is 3.05. The SMILES string of the molecule is C=C[C@@H]1CN(C(=O)C(F)(F)F)Cc2ccccc21. The van der Waals surface area contributed by atoms with Crippen LogP contribution >= 0.6 is 0 Å². The maximum absolute atomic E-state index is 12.4. The molecule has 0 unspecified atom stereocenters. The van der Waals surface area contributed by atoms with Gasteiger partial charge in [0.2, 0.25) is 0 Å². The Bertz CT molecular complexity index is 481. The highest BCUT2D eigenvalue weighted by molar-refractivity contribution is 5.82. The van der Waals surface area contributed by atoms with Crippen molar-refractivity contribution in [3.05, 3.63) is 48.0 Å². The van der Waals surface area contributed by atoms with Crippen molar-refractivity contribution < 1.29 is 18.0 Å². The molecule has 2 rings (SSSR count). The molecule has 0 spiro atoms. The Morgan fingerprint density at radius 1 is 1.39 bits per heavy atom. The van der Waals surface area contributed by atoms with E-state index in [1.807, 2.05) is 12.1 Å². The molecule has 1 aromatic rings. The topological polar surface area (TPSA) is 20.3 Å². The first-order valence-electron chi connectivity index (χ1n) is 5.50. The molecule has 0 saturated carbocycles. The third kappa shape index (κ3) is 2.25. The lowest BCUT2D eigenvalue weighted by Crippen LogP contribution is -2.44. The number of carbonyl (C=O) groups excluding carboxylic acids is 1. The molecule has 2 nitrogen and oxygen atoms in total. The Morgan fingerprint density at radius 3 is 2.67 bits per heavy atom. The van der Waals surface area contributed by atoms with E-state index in [9.17, 15) is 18.0 Å². The molecule has 0 aromatic heterocycles. The fraction of sp³-hybridized carbons (Fsp3) is 0.308. The van der Waals surface area contributed by atoms with Gasteiger partial charge in [-0.2, -0.15) is 13.2 Å². The second-order valence-electron chi connectivity index (χ2n) is 4.22. The van der Waals surface area contributed by atoms with Crippen LogP contribution in [0.1, 0.15) is 17.0 Å². The van der Waals surface area contributed by atoms with Crippen molar-refractivity contribution in [2.24, 2.45) is 0 Å². The second-order valence-corrected chi connectivity index (χ2v) is 4.22. The molecule has 1 aliphatic heterocycles. The lowest BCUT2D eigenvalue weighted by atomic mass is 9.90. The Balaban J connectivity index is 2.31. The van der Waals surface area contributed by atoms with Gasteiger partial charge in [-0.3, -0.25) is 4.79 Å². The average molecular weight is 255 g/mol. The van der Waals surface area contributed by atoms with E-state index in [-0.39, 0.29) is 19.0 Å². The maximum Gasteiger partial charge on any atom is 0.471 e. The van der Waals surface area contributed by atoms with Crippen molar-refractivity contribution >= 4 is 5.91 Å². The standard InChI is InChI=1S/C13H12F3NO/c1-2-9-7-17(12(18)13(14,15)16)8-10-5-3-4-6-11(9)10/h2-6,9H,1,7-8H2/t9-/m1/s1. The normalized spacial score (nSPS) is 19.3. The van der Waals surface area contributed by atoms with Crippen LogP contribution in [0, 0.1) is 0 Å². The highest BCUT2D eigenvalue weighted by Gasteiger charge is 2.44. The molecule has 0 bridgehead atoms. The highest BCUT2D eigenvalue weighted by Crippen LogP contribution is 2.31. The summed E-state index contributed by atoms with van der Waals surface area (Å²) in [6.45, 7) is 3.65.